The molecule has 2 aliphatic rings. The van der Waals surface area contributed by atoms with Gasteiger partial charge in [0.05, 0.1) is 0 Å². The third-order valence-corrected chi connectivity index (χ3v) is 15.8. The average Bonchev–Trinajstić information content (AvgIpc) is 3.73. The maximum absolute atomic E-state index is 2.52. The van der Waals surface area contributed by atoms with Crippen molar-refractivity contribution >= 4 is 43.1 Å². The van der Waals surface area contributed by atoms with Crippen LogP contribution in [0.1, 0.15) is 68.9 Å². The highest BCUT2D eigenvalue weighted by atomic mass is 14.4. The van der Waals surface area contributed by atoms with E-state index in [2.05, 4.69) is 235 Å². The second kappa shape index (κ2) is 14.7. The molecule has 0 spiro atoms. The summed E-state index contributed by atoms with van der Waals surface area (Å²) in [6.07, 6.45) is 2.25. The minimum atomic E-state index is -0.219. The van der Waals surface area contributed by atoms with Crippen LogP contribution < -0.4 is 0 Å². The van der Waals surface area contributed by atoms with E-state index in [1.165, 1.54) is 138 Å². The van der Waals surface area contributed by atoms with Crippen LogP contribution in [-0.4, -0.2) is 0 Å². The molecule has 0 bridgehead atoms. The summed E-state index contributed by atoms with van der Waals surface area (Å²) in [5.74, 6) is 0. The van der Waals surface area contributed by atoms with Crippen LogP contribution in [0.15, 0.2) is 200 Å². The monoisotopic (exact) mass is 856 g/mol. The van der Waals surface area contributed by atoms with Crippen LogP contribution in [-0.2, 0) is 17.3 Å². The van der Waals surface area contributed by atoms with Gasteiger partial charge in [-0.2, -0.15) is 0 Å². The molecule has 0 aliphatic heterocycles. The summed E-state index contributed by atoms with van der Waals surface area (Å²) in [5, 5.41) is 10.3. The number of aryl methyl sites for hydroxylation is 1. The molecule has 320 valence electrons. The van der Waals surface area contributed by atoms with Crippen LogP contribution in [0.5, 0.6) is 0 Å². The van der Waals surface area contributed by atoms with Crippen LogP contribution >= 0.6 is 0 Å². The Morgan fingerprint density at radius 2 is 0.567 bits per heavy atom. The molecule has 13 rings (SSSR count). The molecular formula is C67H52. The van der Waals surface area contributed by atoms with Crippen molar-refractivity contribution in [3.8, 4) is 66.8 Å². The number of hydrogen-bond donors (Lipinski definition) is 0. The molecular weight excluding hydrogens is 805 g/mol. The Balaban J connectivity index is 0.949. The lowest BCUT2D eigenvalue weighted by Crippen LogP contribution is -2.15. The molecule has 2 aliphatic carbocycles. The van der Waals surface area contributed by atoms with Crippen LogP contribution in [0.2, 0.25) is 0 Å². The Bertz CT molecular complexity index is 3740. The minimum absolute atomic E-state index is 0.0731. The number of hydrogen-bond acceptors (Lipinski definition) is 0. The van der Waals surface area contributed by atoms with Gasteiger partial charge in [0, 0.05) is 10.8 Å². The molecule has 0 heteroatoms. The molecule has 0 amide bonds. The zero-order valence-corrected chi connectivity index (χ0v) is 39.0. The topological polar surface area (TPSA) is 0 Å². The molecule has 0 radical (unpaired) electrons. The van der Waals surface area contributed by atoms with E-state index >= 15 is 0 Å². The van der Waals surface area contributed by atoms with E-state index in [0.29, 0.717) is 0 Å². The first kappa shape index (κ1) is 39.8. The lowest BCUT2D eigenvalue weighted by Gasteiger charge is -2.24. The fraction of sp³-hybridized carbons (Fsp3) is 0.134. The average molecular weight is 857 g/mol. The van der Waals surface area contributed by atoms with Gasteiger partial charge in [0.1, 0.15) is 0 Å². The van der Waals surface area contributed by atoms with Crippen LogP contribution in [0.25, 0.3) is 110 Å². The Labute approximate surface area is 394 Å². The van der Waals surface area contributed by atoms with Gasteiger partial charge in [0.25, 0.3) is 0 Å². The number of rotatable bonds is 6. The van der Waals surface area contributed by atoms with Crippen molar-refractivity contribution in [1.82, 2.24) is 0 Å². The fourth-order valence-corrected chi connectivity index (χ4v) is 12.5. The summed E-state index contributed by atoms with van der Waals surface area (Å²) >= 11 is 0. The van der Waals surface area contributed by atoms with E-state index in [1.54, 1.807) is 0 Å². The zero-order valence-electron chi connectivity index (χ0n) is 39.0. The lowest BCUT2D eigenvalue weighted by atomic mass is 9.79. The Hall–Kier alpha value is -7.54. The van der Waals surface area contributed by atoms with Crippen molar-refractivity contribution in [2.75, 3.05) is 0 Å². The van der Waals surface area contributed by atoms with Gasteiger partial charge in [-0.3, -0.25) is 0 Å². The molecule has 0 unspecified atom stereocenters. The van der Waals surface area contributed by atoms with Gasteiger partial charge in [0.2, 0.25) is 0 Å². The van der Waals surface area contributed by atoms with E-state index in [4.69, 9.17) is 0 Å². The van der Waals surface area contributed by atoms with Crippen molar-refractivity contribution in [2.24, 2.45) is 0 Å². The van der Waals surface area contributed by atoms with Crippen molar-refractivity contribution in [3.05, 3.63) is 228 Å². The molecule has 0 fully saturated rings. The second-order valence-corrected chi connectivity index (χ2v) is 20.2. The standard InChI is InChI=1S/C67H52/c1-6-17-41-28-30-42(31-29-41)62-50-19-7-9-21-52(50)63(53-22-10-8-20-51(53)62)44-33-36-48-49-37-34-45(40-61(49)67(4,5)60(48)39-44)65-56-25-13-11-23-54(56)64(55-24-12-14-26-57(55)65)43-32-35-47-46-18-15-16-27-58(46)66(2,3)59(47)38-43/h7-16,18-40H,6,17H2,1-5H3. The maximum Gasteiger partial charge on any atom is 0.0159 e. The molecule has 67 heavy (non-hydrogen) atoms. The van der Waals surface area contributed by atoms with Gasteiger partial charge in [-0.05, 0) is 162 Å². The van der Waals surface area contributed by atoms with Crippen molar-refractivity contribution in [1.29, 1.82) is 0 Å². The molecule has 0 saturated carbocycles. The molecule has 11 aromatic rings. The predicted molar refractivity (Wildman–Crippen MR) is 287 cm³/mol. The quantitative estimate of drug-likeness (QED) is 0.146. The zero-order chi connectivity index (χ0) is 45.2. The largest absolute Gasteiger partial charge is 0.0651 e. The van der Waals surface area contributed by atoms with Crippen molar-refractivity contribution in [3.63, 3.8) is 0 Å². The Kier molecular flexibility index (Phi) is 8.75. The van der Waals surface area contributed by atoms with E-state index in [9.17, 15) is 0 Å². The molecule has 0 heterocycles. The first-order valence-corrected chi connectivity index (χ1v) is 24.2. The predicted octanol–water partition coefficient (Wildman–Crippen LogP) is 18.5. The first-order valence-electron chi connectivity index (χ1n) is 24.2. The van der Waals surface area contributed by atoms with Crippen LogP contribution in [0.3, 0.4) is 0 Å². The number of benzene rings is 11. The summed E-state index contributed by atoms with van der Waals surface area (Å²) in [7, 11) is 0. The van der Waals surface area contributed by atoms with Gasteiger partial charge in [-0.15, -0.1) is 0 Å². The summed E-state index contributed by atoms with van der Waals surface area (Å²) in [4.78, 5) is 0. The van der Waals surface area contributed by atoms with Crippen LogP contribution in [0.4, 0.5) is 0 Å². The first-order chi connectivity index (χ1) is 32.7. The third kappa shape index (κ3) is 5.79. The fourth-order valence-electron chi connectivity index (χ4n) is 12.5. The highest BCUT2D eigenvalue weighted by Gasteiger charge is 2.38. The molecule has 0 N–H and O–H groups in total. The van der Waals surface area contributed by atoms with Gasteiger partial charge >= 0.3 is 0 Å². The smallest absolute Gasteiger partial charge is 0.0159 e. The van der Waals surface area contributed by atoms with Gasteiger partial charge < -0.3 is 0 Å². The van der Waals surface area contributed by atoms with E-state index < -0.39 is 0 Å². The summed E-state index contributed by atoms with van der Waals surface area (Å²) in [5.41, 5.74) is 22.4. The summed E-state index contributed by atoms with van der Waals surface area (Å²) in [6, 6.07) is 76.4. The summed E-state index contributed by atoms with van der Waals surface area (Å²) in [6.45, 7) is 11.9. The summed E-state index contributed by atoms with van der Waals surface area (Å²) < 4.78 is 0. The Morgan fingerprint density at radius 1 is 0.284 bits per heavy atom. The minimum Gasteiger partial charge on any atom is -0.0651 e. The second-order valence-electron chi connectivity index (χ2n) is 20.2. The lowest BCUT2D eigenvalue weighted by molar-refractivity contribution is 0.660. The van der Waals surface area contributed by atoms with E-state index in [0.717, 1.165) is 12.8 Å². The molecule has 0 saturated heterocycles. The maximum atomic E-state index is 2.52. The molecule has 0 nitrogen and oxygen atoms in total. The highest BCUT2D eigenvalue weighted by Crippen LogP contribution is 2.55. The normalized spacial score (nSPS) is 14.1. The van der Waals surface area contributed by atoms with Gasteiger partial charge in [-0.25, -0.2) is 0 Å². The van der Waals surface area contributed by atoms with Crippen molar-refractivity contribution in [2.45, 2.75) is 58.3 Å². The third-order valence-electron chi connectivity index (χ3n) is 15.8. The molecule has 0 aromatic heterocycles. The van der Waals surface area contributed by atoms with E-state index in [-0.39, 0.29) is 10.8 Å². The van der Waals surface area contributed by atoms with Crippen molar-refractivity contribution < 1.29 is 0 Å². The molecule has 11 aromatic carbocycles. The Morgan fingerprint density at radius 3 is 0.925 bits per heavy atom. The molecule has 0 atom stereocenters. The van der Waals surface area contributed by atoms with Gasteiger partial charge in [-0.1, -0.05) is 223 Å². The number of fused-ring (bicyclic) bond motifs is 10. The van der Waals surface area contributed by atoms with Gasteiger partial charge in [0.15, 0.2) is 0 Å². The van der Waals surface area contributed by atoms with E-state index in [1.807, 2.05) is 0 Å². The highest BCUT2D eigenvalue weighted by molar-refractivity contribution is 6.23. The SMILES string of the molecule is CCCc1ccc(-c2c3ccccc3c(-c3ccc4c(c3)C(C)(C)c3cc(-c5c6ccccc6c(-c6ccc7c(c6)C(C)(C)c6ccccc6-7)c6ccccc56)ccc3-4)c3ccccc23)cc1. The van der Waals surface area contributed by atoms with Crippen LogP contribution in [0, 0.1) is 0 Å².